The molecule has 2 fully saturated rings. The van der Waals surface area contributed by atoms with Crippen LogP contribution in [-0.2, 0) is 0 Å². The van der Waals surface area contributed by atoms with Gasteiger partial charge in [-0.3, -0.25) is 14.8 Å². The molecule has 2 aliphatic heterocycles. The van der Waals surface area contributed by atoms with Crippen LogP contribution in [-0.4, -0.2) is 83.8 Å². The summed E-state index contributed by atoms with van der Waals surface area (Å²) >= 11 is 0. The van der Waals surface area contributed by atoms with E-state index in [0.717, 1.165) is 51.4 Å². The number of nitrogens with one attached hydrogen (secondary N) is 2. The van der Waals surface area contributed by atoms with Gasteiger partial charge in [0, 0.05) is 45.5 Å². The van der Waals surface area contributed by atoms with Crippen LogP contribution >= 0.6 is 0 Å². The van der Waals surface area contributed by atoms with Crippen LogP contribution in [0.5, 0.6) is 5.75 Å². The van der Waals surface area contributed by atoms with Gasteiger partial charge in [-0.1, -0.05) is 0 Å². The Labute approximate surface area is 193 Å². The number of carbonyl (C=O) groups excluding carboxylic acids is 1. The first-order valence-electron chi connectivity index (χ1n) is 11.6. The van der Waals surface area contributed by atoms with E-state index in [-0.39, 0.29) is 18.0 Å². The van der Waals surface area contributed by atoms with Crippen LogP contribution in [0.3, 0.4) is 0 Å². The molecule has 10 nitrogen and oxygen atoms in total. The maximum Gasteiger partial charge on any atom is 0.354 e. The van der Waals surface area contributed by atoms with E-state index in [9.17, 15) is 9.59 Å². The van der Waals surface area contributed by atoms with E-state index in [2.05, 4.69) is 27.4 Å². The molecule has 10 heteroatoms. The molecule has 2 atom stereocenters. The number of amides is 2. The highest BCUT2D eigenvalue weighted by Gasteiger charge is 2.23. The molecule has 2 unspecified atom stereocenters. The number of hydrogen-bond acceptors (Lipinski definition) is 7. The Bertz CT molecular complexity index is 988. The minimum atomic E-state index is -0.460. The SMILES string of the molecule is CC(CN1CCC(CN)C1)Oc1ccc(-n2ccc(NC(=O)N3CCNCC3)nc2=O)cc1. The molecule has 0 aliphatic carbocycles. The van der Waals surface area contributed by atoms with E-state index >= 15 is 0 Å². The molecule has 0 bridgehead atoms. The predicted molar refractivity (Wildman–Crippen MR) is 127 cm³/mol. The highest BCUT2D eigenvalue weighted by atomic mass is 16.5. The van der Waals surface area contributed by atoms with Crippen molar-refractivity contribution in [2.45, 2.75) is 19.4 Å². The van der Waals surface area contributed by atoms with Crippen molar-refractivity contribution < 1.29 is 9.53 Å². The lowest BCUT2D eigenvalue weighted by Crippen LogP contribution is -2.48. The number of benzene rings is 1. The molecule has 0 radical (unpaired) electrons. The van der Waals surface area contributed by atoms with Gasteiger partial charge in [-0.2, -0.15) is 4.98 Å². The molecule has 0 spiro atoms. The summed E-state index contributed by atoms with van der Waals surface area (Å²) in [6.07, 6.45) is 2.82. The van der Waals surface area contributed by atoms with Gasteiger partial charge in [-0.25, -0.2) is 9.59 Å². The van der Waals surface area contributed by atoms with E-state index in [1.807, 2.05) is 24.3 Å². The number of aromatic nitrogens is 2. The topological polar surface area (TPSA) is 118 Å². The summed E-state index contributed by atoms with van der Waals surface area (Å²) in [6, 6.07) is 8.73. The molecule has 4 rings (SSSR count). The number of nitrogens with zero attached hydrogens (tertiary/aromatic N) is 4. The fourth-order valence-corrected chi connectivity index (χ4v) is 4.32. The molecular weight excluding hydrogens is 422 g/mol. The number of urea groups is 1. The zero-order chi connectivity index (χ0) is 23.2. The molecule has 2 aromatic rings. The fourth-order valence-electron chi connectivity index (χ4n) is 4.32. The second-order valence-electron chi connectivity index (χ2n) is 8.70. The molecular formula is C23H33N7O3. The second kappa shape index (κ2) is 10.8. The second-order valence-corrected chi connectivity index (χ2v) is 8.70. The quantitative estimate of drug-likeness (QED) is 0.563. The standard InChI is InChI=1S/C23H33N7O3/c1-17(15-28-10-6-18(14-24)16-28)33-20-4-2-19(3-5-20)30-11-7-21(27-23(30)32)26-22(31)29-12-8-25-9-13-29/h2-5,7,11,17-18,25H,6,8-10,12-16,24H2,1H3,(H,26,27,31,32). The maximum absolute atomic E-state index is 12.5. The minimum absolute atomic E-state index is 0.0512. The number of rotatable bonds is 7. The molecule has 4 N–H and O–H groups in total. The highest BCUT2D eigenvalue weighted by molar-refractivity contribution is 5.88. The Morgan fingerprint density at radius 2 is 2.00 bits per heavy atom. The van der Waals surface area contributed by atoms with Gasteiger partial charge in [0.1, 0.15) is 17.7 Å². The van der Waals surface area contributed by atoms with Crippen LogP contribution in [0.25, 0.3) is 5.69 Å². The summed E-state index contributed by atoms with van der Waals surface area (Å²) in [7, 11) is 0. The Hall–Kier alpha value is -2.95. The van der Waals surface area contributed by atoms with Crippen molar-refractivity contribution in [1.29, 1.82) is 0 Å². The molecule has 3 heterocycles. The summed E-state index contributed by atoms with van der Waals surface area (Å²) in [4.78, 5) is 33.0. The molecule has 2 aliphatic rings. The monoisotopic (exact) mass is 455 g/mol. The van der Waals surface area contributed by atoms with Crippen molar-refractivity contribution in [1.82, 2.24) is 24.7 Å². The van der Waals surface area contributed by atoms with Crippen LogP contribution in [0.2, 0.25) is 0 Å². The van der Waals surface area contributed by atoms with Gasteiger partial charge >= 0.3 is 11.7 Å². The van der Waals surface area contributed by atoms with E-state index in [4.69, 9.17) is 10.5 Å². The number of likely N-dealkylation sites (tertiary alicyclic amines) is 1. The molecule has 0 saturated carbocycles. The van der Waals surface area contributed by atoms with E-state index < -0.39 is 5.69 Å². The number of ether oxygens (including phenoxy) is 1. The summed E-state index contributed by atoms with van der Waals surface area (Å²) in [5, 5.41) is 5.90. The third-order valence-electron chi connectivity index (χ3n) is 6.11. The fraction of sp³-hybridized carbons (Fsp3) is 0.522. The van der Waals surface area contributed by atoms with Crippen LogP contribution in [0.1, 0.15) is 13.3 Å². The molecule has 178 valence electrons. The Balaban J connectivity index is 1.33. The average molecular weight is 456 g/mol. The minimum Gasteiger partial charge on any atom is -0.489 e. The van der Waals surface area contributed by atoms with Crippen LogP contribution in [0.4, 0.5) is 10.6 Å². The van der Waals surface area contributed by atoms with Crippen LogP contribution < -0.4 is 26.8 Å². The van der Waals surface area contributed by atoms with Crippen molar-refractivity contribution in [2.75, 3.05) is 57.7 Å². The summed E-state index contributed by atoms with van der Waals surface area (Å²) < 4.78 is 7.49. The van der Waals surface area contributed by atoms with Crippen molar-refractivity contribution in [3.63, 3.8) is 0 Å². The van der Waals surface area contributed by atoms with Crippen LogP contribution in [0.15, 0.2) is 41.3 Å². The first-order valence-corrected chi connectivity index (χ1v) is 11.6. The van der Waals surface area contributed by atoms with Crippen molar-refractivity contribution in [2.24, 2.45) is 11.7 Å². The summed E-state index contributed by atoms with van der Waals surface area (Å²) in [6.45, 7) is 8.53. The van der Waals surface area contributed by atoms with Crippen molar-refractivity contribution >= 4 is 11.8 Å². The summed E-state index contributed by atoms with van der Waals surface area (Å²) in [5.41, 5.74) is 5.99. The third kappa shape index (κ3) is 6.10. The van der Waals surface area contributed by atoms with E-state index in [1.165, 1.54) is 4.57 Å². The average Bonchev–Trinajstić information content (AvgIpc) is 3.28. The Morgan fingerprint density at radius 1 is 1.24 bits per heavy atom. The largest absolute Gasteiger partial charge is 0.489 e. The zero-order valence-corrected chi connectivity index (χ0v) is 19.1. The molecule has 1 aromatic heterocycles. The molecule has 33 heavy (non-hydrogen) atoms. The third-order valence-corrected chi connectivity index (χ3v) is 6.11. The zero-order valence-electron chi connectivity index (χ0n) is 19.1. The van der Waals surface area contributed by atoms with Gasteiger partial charge in [0.25, 0.3) is 0 Å². The molecule has 2 saturated heterocycles. The molecule has 1 aromatic carbocycles. The van der Waals surface area contributed by atoms with Gasteiger partial charge in [0.05, 0.1) is 5.69 Å². The normalized spacial score (nSPS) is 19.9. The van der Waals surface area contributed by atoms with Gasteiger partial charge in [0.2, 0.25) is 0 Å². The lowest BCUT2D eigenvalue weighted by Gasteiger charge is -2.27. The molecule has 2 amide bonds. The first kappa shape index (κ1) is 23.2. The van der Waals surface area contributed by atoms with Crippen molar-refractivity contribution in [3.05, 3.63) is 47.0 Å². The number of anilines is 1. The van der Waals surface area contributed by atoms with Crippen LogP contribution in [0, 0.1) is 5.92 Å². The number of carbonyl (C=O) groups is 1. The van der Waals surface area contributed by atoms with E-state index in [1.54, 1.807) is 17.2 Å². The van der Waals surface area contributed by atoms with Gasteiger partial charge in [-0.15, -0.1) is 0 Å². The first-order chi connectivity index (χ1) is 16.0. The van der Waals surface area contributed by atoms with Gasteiger partial charge in [0.15, 0.2) is 0 Å². The number of piperazine rings is 1. The van der Waals surface area contributed by atoms with Gasteiger partial charge < -0.3 is 20.7 Å². The summed E-state index contributed by atoms with van der Waals surface area (Å²) in [5.74, 6) is 1.58. The highest BCUT2D eigenvalue weighted by Crippen LogP contribution is 2.19. The maximum atomic E-state index is 12.5. The lowest BCUT2D eigenvalue weighted by molar-refractivity contribution is 0.159. The smallest absolute Gasteiger partial charge is 0.354 e. The Morgan fingerprint density at radius 3 is 2.67 bits per heavy atom. The van der Waals surface area contributed by atoms with Crippen molar-refractivity contribution in [3.8, 4) is 11.4 Å². The number of hydrogen-bond donors (Lipinski definition) is 3. The number of nitrogens with two attached hydrogens (primary N) is 1. The van der Waals surface area contributed by atoms with E-state index in [0.29, 0.717) is 24.7 Å². The lowest BCUT2D eigenvalue weighted by atomic mass is 10.1. The van der Waals surface area contributed by atoms with Gasteiger partial charge in [-0.05, 0) is 62.7 Å². The predicted octanol–water partition coefficient (Wildman–Crippen LogP) is 0.718. The Kier molecular flexibility index (Phi) is 7.58.